The summed E-state index contributed by atoms with van der Waals surface area (Å²) in [5.41, 5.74) is 1.73. The quantitative estimate of drug-likeness (QED) is 0.914. The van der Waals surface area contributed by atoms with Crippen LogP contribution >= 0.6 is 11.3 Å². The molecule has 5 nitrogen and oxygen atoms in total. The lowest BCUT2D eigenvalue weighted by molar-refractivity contribution is 0.0763. The second-order valence-electron chi connectivity index (χ2n) is 6.09. The molecule has 2 heterocycles. The van der Waals surface area contributed by atoms with Crippen molar-refractivity contribution < 1.29 is 9.59 Å². The zero-order valence-corrected chi connectivity index (χ0v) is 15.2. The van der Waals surface area contributed by atoms with Crippen LogP contribution in [0, 0.1) is 0 Å². The van der Waals surface area contributed by atoms with Gasteiger partial charge < -0.3 is 15.1 Å². The van der Waals surface area contributed by atoms with Crippen molar-refractivity contribution in [2.75, 3.05) is 38.0 Å². The maximum absolute atomic E-state index is 13.0. The van der Waals surface area contributed by atoms with Crippen LogP contribution in [0.5, 0.6) is 0 Å². The lowest BCUT2D eigenvalue weighted by Gasteiger charge is -2.22. The van der Waals surface area contributed by atoms with E-state index in [2.05, 4.69) is 17.1 Å². The number of amides is 2. The molecular weight excluding hydrogens is 334 g/mol. The summed E-state index contributed by atoms with van der Waals surface area (Å²) in [4.78, 5) is 29.6. The molecule has 2 aromatic rings. The summed E-state index contributed by atoms with van der Waals surface area (Å²) in [5.74, 6) is -0.200. The SMILES string of the molecule is CCN1CCCN(C(=O)c2ccccc2NC(=O)c2ccsc2)CC1. The third-order valence-electron chi connectivity index (χ3n) is 4.51. The second kappa shape index (κ2) is 8.27. The largest absolute Gasteiger partial charge is 0.337 e. The van der Waals surface area contributed by atoms with Crippen molar-refractivity contribution in [3.63, 3.8) is 0 Å². The minimum absolute atomic E-state index is 0.0147. The number of hydrogen-bond donors (Lipinski definition) is 1. The number of rotatable bonds is 4. The molecule has 1 aliphatic rings. The highest BCUT2D eigenvalue weighted by Crippen LogP contribution is 2.20. The van der Waals surface area contributed by atoms with Gasteiger partial charge in [-0.25, -0.2) is 0 Å². The van der Waals surface area contributed by atoms with Gasteiger partial charge in [-0.05, 0) is 43.1 Å². The molecule has 3 rings (SSSR count). The molecule has 1 N–H and O–H groups in total. The Morgan fingerprint density at radius 1 is 1.12 bits per heavy atom. The van der Waals surface area contributed by atoms with Gasteiger partial charge in [-0.3, -0.25) is 9.59 Å². The summed E-state index contributed by atoms with van der Waals surface area (Å²) < 4.78 is 0. The highest BCUT2D eigenvalue weighted by molar-refractivity contribution is 7.08. The van der Waals surface area contributed by atoms with Crippen molar-refractivity contribution >= 4 is 28.8 Å². The van der Waals surface area contributed by atoms with Crippen molar-refractivity contribution in [1.29, 1.82) is 0 Å². The van der Waals surface area contributed by atoms with E-state index in [9.17, 15) is 9.59 Å². The molecule has 0 unspecified atom stereocenters. The topological polar surface area (TPSA) is 52.6 Å². The van der Waals surface area contributed by atoms with Gasteiger partial charge in [0.25, 0.3) is 11.8 Å². The number of benzene rings is 1. The first-order chi connectivity index (χ1) is 12.2. The highest BCUT2D eigenvalue weighted by Gasteiger charge is 2.22. The average molecular weight is 357 g/mol. The van der Waals surface area contributed by atoms with Crippen molar-refractivity contribution in [1.82, 2.24) is 9.80 Å². The Morgan fingerprint density at radius 2 is 1.96 bits per heavy atom. The Labute approximate surface area is 152 Å². The first kappa shape index (κ1) is 17.6. The lowest BCUT2D eigenvalue weighted by Crippen LogP contribution is -2.35. The van der Waals surface area contributed by atoms with E-state index in [1.54, 1.807) is 23.6 Å². The summed E-state index contributed by atoms with van der Waals surface area (Å²) in [5, 5.41) is 6.54. The molecule has 6 heteroatoms. The maximum Gasteiger partial charge on any atom is 0.256 e. The molecule has 1 fully saturated rings. The van der Waals surface area contributed by atoms with Crippen molar-refractivity contribution in [2.45, 2.75) is 13.3 Å². The van der Waals surface area contributed by atoms with E-state index in [0.717, 1.165) is 39.1 Å². The zero-order valence-electron chi connectivity index (χ0n) is 14.4. The second-order valence-corrected chi connectivity index (χ2v) is 6.87. The predicted molar refractivity (Wildman–Crippen MR) is 101 cm³/mol. The zero-order chi connectivity index (χ0) is 17.6. The molecule has 0 radical (unpaired) electrons. The smallest absolute Gasteiger partial charge is 0.256 e. The molecule has 2 amide bonds. The number of carbonyl (C=O) groups excluding carboxylic acids is 2. The van der Waals surface area contributed by atoms with E-state index < -0.39 is 0 Å². The third-order valence-corrected chi connectivity index (χ3v) is 5.20. The Kier molecular flexibility index (Phi) is 5.83. The van der Waals surface area contributed by atoms with Gasteiger partial charge in [-0.2, -0.15) is 11.3 Å². The van der Waals surface area contributed by atoms with Crippen LogP contribution in [0.3, 0.4) is 0 Å². The van der Waals surface area contributed by atoms with E-state index in [1.807, 2.05) is 22.4 Å². The molecule has 1 aromatic heterocycles. The fourth-order valence-corrected chi connectivity index (χ4v) is 3.66. The predicted octanol–water partition coefficient (Wildman–Crippen LogP) is 3.17. The number of anilines is 1. The molecule has 0 bridgehead atoms. The van der Waals surface area contributed by atoms with Crippen molar-refractivity contribution in [2.24, 2.45) is 0 Å². The molecule has 0 aliphatic carbocycles. The molecule has 0 spiro atoms. The van der Waals surface area contributed by atoms with E-state index in [4.69, 9.17) is 0 Å². The molecule has 132 valence electrons. The van der Waals surface area contributed by atoms with Crippen LogP contribution in [-0.2, 0) is 0 Å². The van der Waals surface area contributed by atoms with Gasteiger partial charge in [0.05, 0.1) is 16.8 Å². The summed E-state index contributed by atoms with van der Waals surface area (Å²) in [6.45, 7) is 6.55. The van der Waals surface area contributed by atoms with Crippen LogP contribution in [0.4, 0.5) is 5.69 Å². The van der Waals surface area contributed by atoms with Crippen LogP contribution in [-0.4, -0.2) is 54.3 Å². The number of para-hydroxylation sites is 1. The summed E-state index contributed by atoms with van der Waals surface area (Å²) in [7, 11) is 0. The van der Waals surface area contributed by atoms with Gasteiger partial charge in [0.1, 0.15) is 0 Å². The fraction of sp³-hybridized carbons (Fsp3) is 0.368. The van der Waals surface area contributed by atoms with Gasteiger partial charge in [0, 0.05) is 25.0 Å². The number of nitrogens with zero attached hydrogens (tertiary/aromatic N) is 2. The minimum Gasteiger partial charge on any atom is -0.337 e. The van der Waals surface area contributed by atoms with Gasteiger partial charge in [-0.15, -0.1) is 0 Å². The van der Waals surface area contributed by atoms with E-state index >= 15 is 0 Å². The Hall–Kier alpha value is -2.18. The van der Waals surface area contributed by atoms with E-state index in [0.29, 0.717) is 16.8 Å². The summed E-state index contributed by atoms with van der Waals surface area (Å²) in [6.07, 6.45) is 0.975. The Morgan fingerprint density at radius 3 is 2.72 bits per heavy atom. The Bertz CT molecular complexity index is 730. The standard InChI is InChI=1S/C19H23N3O2S/c1-2-21-9-5-10-22(12-11-21)19(24)16-6-3-4-7-17(16)20-18(23)15-8-13-25-14-15/h3-4,6-8,13-14H,2,5,9-12H2,1H3,(H,20,23). The molecule has 1 aliphatic heterocycles. The molecule has 1 aromatic carbocycles. The molecule has 0 saturated carbocycles. The molecular formula is C19H23N3O2S. The summed E-state index contributed by atoms with van der Waals surface area (Å²) >= 11 is 1.48. The van der Waals surface area contributed by atoms with Crippen molar-refractivity contribution in [3.05, 3.63) is 52.2 Å². The van der Waals surface area contributed by atoms with E-state index in [1.165, 1.54) is 11.3 Å². The normalized spacial score (nSPS) is 15.6. The van der Waals surface area contributed by atoms with Crippen LogP contribution in [0.15, 0.2) is 41.1 Å². The minimum atomic E-state index is -0.186. The molecule has 0 atom stereocenters. The van der Waals surface area contributed by atoms with Gasteiger partial charge >= 0.3 is 0 Å². The summed E-state index contributed by atoms with van der Waals surface area (Å²) in [6, 6.07) is 9.02. The average Bonchev–Trinajstić information content (AvgIpc) is 3.07. The van der Waals surface area contributed by atoms with Gasteiger partial charge in [0.2, 0.25) is 0 Å². The first-order valence-corrected chi connectivity index (χ1v) is 9.57. The Balaban J connectivity index is 1.75. The van der Waals surface area contributed by atoms with E-state index in [-0.39, 0.29) is 11.8 Å². The maximum atomic E-state index is 13.0. The number of nitrogens with one attached hydrogen (secondary N) is 1. The highest BCUT2D eigenvalue weighted by atomic mass is 32.1. The number of hydrogen-bond acceptors (Lipinski definition) is 4. The number of thiophene rings is 1. The van der Waals surface area contributed by atoms with Gasteiger partial charge in [-0.1, -0.05) is 19.1 Å². The molecule has 25 heavy (non-hydrogen) atoms. The van der Waals surface area contributed by atoms with Crippen LogP contribution in [0.25, 0.3) is 0 Å². The monoisotopic (exact) mass is 357 g/mol. The van der Waals surface area contributed by atoms with Crippen molar-refractivity contribution in [3.8, 4) is 0 Å². The van der Waals surface area contributed by atoms with Crippen LogP contribution < -0.4 is 5.32 Å². The van der Waals surface area contributed by atoms with Gasteiger partial charge in [0.15, 0.2) is 0 Å². The number of likely N-dealkylation sites (N-methyl/N-ethyl adjacent to an activating group) is 1. The fourth-order valence-electron chi connectivity index (χ4n) is 3.03. The third kappa shape index (κ3) is 4.27. The lowest BCUT2D eigenvalue weighted by atomic mass is 10.1. The number of carbonyl (C=O) groups is 2. The first-order valence-electron chi connectivity index (χ1n) is 8.63. The molecule has 1 saturated heterocycles. The van der Waals surface area contributed by atoms with Crippen LogP contribution in [0.2, 0.25) is 0 Å². The van der Waals surface area contributed by atoms with Crippen LogP contribution in [0.1, 0.15) is 34.1 Å².